The first-order chi connectivity index (χ1) is 8.02. The van der Waals surface area contributed by atoms with Gasteiger partial charge in [-0.05, 0) is 29.9 Å². The molecule has 0 radical (unpaired) electrons. The Hall–Kier alpha value is -1.35. The van der Waals surface area contributed by atoms with Crippen molar-refractivity contribution in [2.45, 2.75) is 32.7 Å². The van der Waals surface area contributed by atoms with Gasteiger partial charge in [0.1, 0.15) is 0 Å². The summed E-state index contributed by atoms with van der Waals surface area (Å²) in [6, 6.07) is 7.88. The van der Waals surface area contributed by atoms with Crippen LogP contribution in [0.2, 0.25) is 0 Å². The number of hydrogen-bond acceptors (Lipinski definition) is 2. The van der Waals surface area contributed by atoms with E-state index in [1.165, 1.54) is 5.56 Å². The normalized spacial score (nSPS) is 12.5. The number of likely N-dealkylation sites (N-methyl/N-ethyl adjacent to an activating group) is 1. The second-order valence-electron chi connectivity index (χ2n) is 4.84. The Morgan fingerprint density at radius 3 is 2.06 bits per heavy atom. The fraction of sp³-hybridized carbons (Fsp3) is 0.500. The second kappa shape index (κ2) is 6.40. The third kappa shape index (κ3) is 4.57. The van der Waals surface area contributed by atoms with Crippen molar-refractivity contribution in [1.29, 1.82) is 0 Å². The van der Waals surface area contributed by atoms with Gasteiger partial charge in [0.15, 0.2) is 0 Å². The first kappa shape index (κ1) is 13.7. The number of nitrogens with one attached hydrogen (secondary N) is 1. The Bertz CT molecular complexity index is 357. The van der Waals surface area contributed by atoms with E-state index < -0.39 is 6.04 Å². The van der Waals surface area contributed by atoms with Gasteiger partial charge in [-0.2, -0.15) is 0 Å². The summed E-state index contributed by atoms with van der Waals surface area (Å²) in [5, 5.41) is 2.56. The zero-order valence-electron chi connectivity index (χ0n) is 10.9. The maximum atomic E-state index is 11.3. The van der Waals surface area contributed by atoms with E-state index in [4.69, 9.17) is 5.73 Å². The van der Waals surface area contributed by atoms with Crippen molar-refractivity contribution in [2.24, 2.45) is 11.7 Å². The molecule has 0 spiro atoms. The van der Waals surface area contributed by atoms with E-state index in [-0.39, 0.29) is 5.91 Å². The van der Waals surface area contributed by atoms with E-state index in [1.807, 2.05) is 0 Å². The van der Waals surface area contributed by atoms with Gasteiger partial charge in [-0.1, -0.05) is 38.1 Å². The summed E-state index contributed by atoms with van der Waals surface area (Å²) in [7, 11) is 1.61. The number of benzene rings is 1. The molecule has 3 N–H and O–H groups in total. The van der Waals surface area contributed by atoms with Crippen molar-refractivity contribution in [3.8, 4) is 0 Å². The largest absolute Gasteiger partial charge is 0.358 e. The fourth-order valence-electron chi connectivity index (χ4n) is 1.81. The monoisotopic (exact) mass is 234 g/mol. The van der Waals surface area contributed by atoms with Gasteiger partial charge in [0.2, 0.25) is 5.91 Å². The Balaban J connectivity index is 2.59. The molecule has 3 heteroatoms. The third-order valence-corrected chi connectivity index (χ3v) is 2.71. The van der Waals surface area contributed by atoms with Crippen molar-refractivity contribution >= 4 is 5.91 Å². The van der Waals surface area contributed by atoms with Gasteiger partial charge in [-0.15, -0.1) is 0 Å². The molecule has 3 nitrogen and oxygen atoms in total. The van der Waals surface area contributed by atoms with E-state index in [9.17, 15) is 4.79 Å². The lowest BCUT2D eigenvalue weighted by molar-refractivity contribution is -0.121. The maximum absolute atomic E-state index is 11.3. The predicted molar refractivity (Wildman–Crippen MR) is 70.7 cm³/mol. The van der Waals surface area contributed by atoms with Crippen LogP contribution in [0.1, 0.15) is 25.0 Å². The van der Waals surface area contributed by atoms with Crippen LogP contribution < -0.4 is 11.1 Å². The summed E-state index contributed by atoms with van der Waals surface area (Å²) in [6.45, 7) is 4.41. The Kier molecular flexibility index (Phi) is 5.16. The van der Waals surface area contributed by atoms with Crippen LogP contribution in [0, 0.1) is 5.92 Å². The molecule has 0 heterocycles. The van der Waals surface area contributed by atoms with E-state index >= 15 is 0 Å². The number of amides is 1. The summed E-state index contributed by atoms with van der Waals surface area (Å²) in [5.74, 6) is 0.547. The minimum atomic E-state index is -0.462. The molecule has 17 heavy (non-hydrogen) atoms. The fourth-order valence-corrected chi connectivity index (χ4v) is 1.81. The van der Waals surface area contributed by atoms with Gasteiger partial charge in [0, 0.05) is 7.05 Å². The molecule has 1 rings (SSSR count). The third-order valence-electron chi connectivity index (χ3n) is 2.71. The number of hydrogen-bond donors (Lipinski definition) is 2. The molecular formula is C14H22N2O. The minimum Gasteiger partial charge on any atom is -0.358 e. The summed E-state index contributed by atoms with van der Waals surface area (Å²) in [5.41, 5.74) is 8.20. The van der Waals surface area contributed by atoms with Crippen LogP contribution in [-0.4, -0.2) is 19.0 Å². The molecular weight excluding hydrogens is 212 g/mol. The molecule has 1 atom stereocenters. The maximum Gasteiger partial charge on any atom is 0.237 e. The van der Waals surface area contributed by atoms with Gasteiger partial charge in [0.25, 0.3) is 0 Å². The van der Waals surface area contributed by atoms with Gasteiger partial charge in [-0.25, -0.2) is 0 Å². The lowest BCUT2D eigenvalue weighted by Crippen LogP contribution is -2.40. The number of nitrogens with two attached hydrogens (primary N) is 1. The number of carbonyl (C=O) groups excluding carboxylic acids is 1. The Labute approximate surface area is 103 Å². The van der Waals surface area contributed by atoms with E-state index in [1.54, 1.807) is 7.05 Å². The molecule has 0 saturated heterocycles. The average Bonchev–Trinajstić information content (AvgIpc) is 2.30. The quantitative estimate of drug-likeness (QED) is 0.811. The summed E-state index contributed by atoms with van der Waals surface area (Å²) in [4.78, 5) is 11.3. The van der Waals surface area contributed by atoms with E-state index in [2.05, 4.69) is 43.4 Å². The standard InChI is InChI=1S/C14H22N2O/c1-10(2)8-11-4-6-12(7-5-11)9-13(15)14(17)16-3/h4-7,10,13H,8-9,15H2,1-3H3,(H,16,17). The molecule has 1 amide bonds. The van der Waals surface area contributed by atoms with Crippen LogP contribution in [-0.2, 0) is 17.6 Å². The molecule has 1 unspecified atom stereocenters. The summed E-state index contributed by atoms with van der Waals surface area (Å²) >= 11 is 0. The van der Waals surface area contributed by atoms with Crippen LogP contribution in [0.25, 0.3) is 0 Å². The number of carbonyl (C=O) groups is 1. The Morgan fingerprint density at radius 1 is 1.18 bits per heavy atom. The number of rotatable bonds is 5. The zero-order chi connectivity index (χ0) is 12.8. The molecule has 0 aliphatic rings. The molecule has 0 fully saturated rings. The SMILES string of the molecule is CNC(=O)C(N)Cc1ccc(CC(C)C)cc1. The minimum absolute atomic E-state index is 0.115. The van der Waals surface area contributed by atoms with E-state index in [0.29, 0.717) is 12.3 Å². The van der Waals surface area contributed by atoms with Gasteiger partial charge < -0.3 is 11.1 Å². The van der Waals surface area contributed by atoms with Crippen LogP contribution in [0.15, 0.2) is 24.3 Å². The Morgan fingerprint density at radius 2 is 1.65 bits per heavy atom. The first-order valence-corrected chi connectivity index (χ1v) is 6.08. The molecule has 0 bridgehead atoms. The highest BCUT2D eigenvalue weighted by atomic mass is 16.2. The topological polar surface area (TPSA) is 55.1 Å². The van der Waals surface area contributed by atoms with Crippen molar-refractivity contribution in [1.82, 2.24) is 5.32 Å². The van der Waals surface area contributed by atoms with Crippen molar-refractivity contribution < 1.29 is 4.79 Å². The second-order valence-corrected chi connectivity index (χ2v) is 4.84. The highest BCUT2D eigenvalue weighted by molar-refractivity contribution is 5.81. The van der Waals surface area contributed by atoms with Crippen molar-refractivity contribution in [3.05, 3.63) is 35.4 Å². The van der Waals surface area contributed by atoms with Crippen molar-refractivity contribution in [3.63, 3.8) is 0 Å². The highest BCUT2D eigenvalue weighted by Gasteiger charge is 2.11. The van der Waals surface area contributed by atoms with Gasteiger partial charge in [0.05, 0.1) is 6.04 Å². The molecule has 0 saturated carbocycles. The zero-order valence-corrected chi connectivity index (χ0v) is 10.9. The molecule has 0 aliphatic carbocycles. The smallest absolute Gasteiger partial charge is 0.237 e. The van der Waals surface area contributed by atoms with Crippen molar-refractivity contribution in [2.75, 3.05) is 7.05 Å². The molecule has 94 valence electrons. The lowest BCUT2D eigenvalue weighted by atomic mass is 9.99. The summed E-state index contributed by atoms with van der Waals surface area (Å²) in [6.07, 6.45) is 1.67. The predicted octanol–water partition coefficient (Wildman–Crippen LogP) is 1.50. The van der Waals surface area contributed by atoms with Crippen LogP contribution in [0.5, 0.6) is 0 Å². The van der Waals surface area contributed by atoms with Crippen LogP contribution >= 0.6 is 0 Å². The van der Waals surface area contributed by atoms with Crippen LogP contribution in [0.4, 0.5) is 0 Å². The van der Waals surface area contributed by atoms with Gasteiger partial charge in [-0.3, -0.25) is 4.79 Å². The summed E-state index contributed by atoms with van der Waals surface area (Å²) < 4.78 is 0. The average molecular weight is 234 g/mol. The van der Waals surface area contributed by atoms with Gasteiger partial charge >= 0.3 is 0 Å². The highest BCUT2D eigenvalue weighted by Crippen LogP contribution is 2.10. The lowest BCUT2D eigenvalue weighted by Gasteiger charge is -2.11. The molecule has 0 aromatic heterocycles. The van der Waals surface area contributed by atoms with E-state index in [0.717, 1.165) is 12.0 Å². The van der Waals surface area contributed by atoms with Crippen LogP contribution in [0.3, 0.4) is 0 Å². The molecule has 1 aromatic rings. The molecule has 1 aromatic carbocycles. The first-order valence-electron chi connectivity index (χ1n) is 6.08. The molecule has 0 aliphatic heterocycles.